The smallest absolute Gasteiger partial charge is 0.157 e. The molecule has 1 rings (SSSR count). The van der Waals surface area contributed by atoms with E-state index in [1.165, 1.54) is 12.8 Å². The van der Waals surface area contributed by atoms with Crippen molar-refractivity contribution in [3.05, 3.63) is 0 Å². The van der Waals surface area contributed by atoms with Gasteiger partial charge in [0, 0.05) is 0 Å². The van der Waals surface area contributed by atoms with Crippen molar-refractivity contribution in [3.8, 4) is 0 Å². The van der Waals surface area contributed by atoms with Gasteiger partial charge >= 0.3 is 0 Å². The zero-order valence-corrected chi connectivity index (χ0v) is 8.38. The van der Waals surface area contributed by atoms with Crippen molar-refractivity contribution in [1.82, 2.24) is 0 Å². The second-order valence-corrected chi connectivity index (χ2v) is 4.03. The Bertz CT molecular complexity index is 123. The third-order valence-electron chi connectivity index (χ3n) is 2.05. The molecule has 2 heteroatoms. The van der Waals surface area contributed by atoms with Gasteiger partial charge in [0.15, 0.2) is 6.29 Å². The zero-order valence-electron chi connectivity index (χ0n) is 8.38. The second kappa shape index (κ2) is 4.83. The fourth-order valence-electron chi connectivity index (χ4n) is 1.39. The third kappa shape index (κ3) is 3.55. The lowest BCUT2D eigenvalue weighted by atomic mass is 10.1. The van der Waals surface area contributed by atoms with E-state index < -0.39 is 0 Å². The quantitative estimate of drug-likeness (QED) is 0.651. The zero-order chi connectivity index (χ0) is 8.97. The summed E-state index contributed by atoms with van der Waals surface area (Å²) in [6.07, 6.45) is 3.94. The second-order valence-electron chi connectivity index (χ2n) is 4.03. The van der Waals surface area contributed by atoms with Crippen molar-refractivity contribution in [2.45, 2.75) is 52.4 Å². The Balaban J connectivity index is 2.14. The van der Waals surface area contributed by atoms with Crippen LogP contribution in [0.1, 0.15) is 40.0 Å². The van der Waals surface area contributed by atoms with Crippen LogP contribution in [-0.4, -0.2) is 19.0 Å². The molecule has 0 aromatic rings. The average molecular weight is 172 g/mol. The molecule has 0 amide bonds. The fourth-order valence-corrected chi connectivity index (χ4v) is 1.39. The Morgan fingerprint density at radius 2 is 2.17 bits per heavy atom. The van der Waals surface area contributed by atoms with Crippen LogP contribution >= 0.6 is 0 Å². The van der Waals surface area contributed by atoms with E-state index in [9.17, 15) is 0 Å². The minimum Gasteiger partial charge on any atom is -0.352 e. The topological polar surface area (TPSA) is 18.5 Å². The van der Waals surface area contributed by atoms with Crippen LogP contribution in [0.5, 0.6) is 0 Å². The lowest BCUT2D eigenvalue weighted by Gasteiger charge is -2.28. The van der Waals surface area contributed by atoms with E-state index in [-0.39, 0.29) is 6.29 Å². The molecule has 0 bridgehead atoms. The summed E-state index contributed by atoms with van der Waals surface area (Å²) in [6, 6.07) is 0. The van der Waals surface area contributed by atoms with Crippen LogP contribution in [0.3, 0.4) is 0 Å². The van der Waals surface area contributed by atoms with E-state index in [4.69, 9.17) is 9.47 Å². The van der Waals surface area contributed by atoms with E-state index >= 15 is 0 Å². The van der Waals surface area contributed by atoms with E-state index in [1.54, 1.807) is 0 Å². The molecule has 2 atom stereocenters. The van der Waals surface area contributed by atoms with Gasteiger partial charge in [-0.25, -0.2) is 0 Å². The molecule has 0 aromatic carbocycles. The van der Waals surface area contributed by atoms with Crippen molar-refractivity contribution in [3.63, 3.8) is 0 Å². The molecule has 2 unspecified atom stereocenters. The Kier molecular flexibility index (Phi) is 4.02. The molecule has 2 nitrogen and oxygen atoms in total. The Hall–Kier alpha value is -0.0800. The van der Waals surface area contributed by atoms with Gasteiger partial charge in [0.1, 0.15) is 0 Å². The van der Waals surface area contributed by atoms with E-state index in [0.717, 1.165) is 13.0 Å². The molecule has 1 fully saturated rings. The van der Waals surface area contributed by atoms with E-state index in [0.29, 0.717) is 12.0 Å². The highest BCUT2D eigenvalue weighted by molar-refractivity contribution is 4.61. The predicted octanol–water partition coefficient (Wildman–Crippen LogP) is 2.57. The van der Waals surface area contributed by atoms with Crippen molar-refractivity contribution < 1.29 is 9.47 Å². The SMILES string of the molecule is CC(C)COC1CCCC(C)O1. The molecule has 1 aliphatic rings. The summed E-state index contributed by atoms with van der Waals surface area (Å²) < 4.78 is 11.2. The molecule has 1 saturated heterocycles. The molecule has 0 radical (unpaired) electrons. The van der Waals surface area contributed by atoms with Gasteiger partial charge in [0.05, 0.1) is 12.7 Å². The monoisotopic (exact) mass is 172 g/mol. The standard InChI is InChI=1S/C10H20O2/c1-8(2)7-11-10-6-4-5-9(3)12-10/h8-10H,4-7H2,1-3H3. The summed E-state index contributed by atoms with van der Waals surface area (Å²) in [5.74, 6) is 0.603. The van der Waals surface area contributed by atoms with Crippen molar-refractivity contribution >= 4 is 0 Å². The van der Waals surface area contributed by atoms with Gasteiger partial charge in [-0.3, -0.25) is 0 Å². The molecule has 72 valence electrons. The van der Waals surface area contributed by atoms with Gasteiger partial charge < -0.3 is 9.47 Å². The summed E-state index contributed by atoms with van der Waals surface area (Å²) in [6.45, 7) is 7.25. The molecule has 1 aliphatic heterocycles. The highest BCUT2D eigenvalue weighted by Gasteiger charge is 2.19. The van der Waals surface area contributed by atoms with Crippen LogP contribution in [0.2, 0.25) is 0 Å². The van der Waals surface area contributed by atoms with Crippen molar-refractivity contribution in [2.75, 3.05) is 6.61 Å². The molecule has 0 aromatic heterocycles. The molecule has 0 spiro atoms. The van der Waals surface area contributed by atoms with Crippen LogP contribution in [0.4, 0.5) is 0 Å². The molecule has 1 heterocycles. The molecule has 0 aliphatic carbocycles. The van der Waals surface area contributed by atoms with Gasteiger partial charge in [-0.2, -0.15) is 0 Å². The first-order valence-electron chi connectivity index (χ1n) is 4.95. The lowest BCUT2D eigenvalue weighted by molar-refractivity contribution is -0.193. The number of rotatable bonds is 3. The highest BCUT2D eigenvalue weighted by Crippen LogP contribution is 2.19. The van der Waals surface area contributed by atoms with Crippen LogP contribution in [-0.2, 0) is 9.47 Å². The molecule has 0 saturated carbocycles. The Morgan fingerprint density at radius 1 is 1.42 bits per heavy atom. The molecular weight excluding hydrogens is 152 g/mol. The minimum atomic E-state index is 0.0659. The third-order valence-corrected chi connectivity index (χ3v) is 2.05. The predicted molar refractivity (Wildman–Crippen MR) is 49.0 cm³/mol. The lowest BCUT2D eigenvalue weighted by Crippen LogP contribution is -2.28. The van der Waals surface area contributed by atoms with Crippen LogP contribution in [0, 0.1) is 5.92 Å². The maximum atomic E-state index is 5.61. The normalized spacial score (nSPS) is 31.0. The summed E-state index contributed by atoms with van der Waals surface area (Å²) in [5.41, 5.74) is 0. The van der Waals surface area contributed by atoms with Crippen molar-refractivity contribution in [2.24, 2.45) is 5.92 Å². The molecule has 0 N–H and O–H groups in total. The van der Waals surface area contributed by atoms with Gasteiger partial charge in [-0.15, -0.1) is 0 Å². The molecule has 12 heavy (non-hydrogen) atoms. The van der Waals surface area contributed by atoms with Gasteiger partial charge in [-0.1, -0.05) is 13.8 Å². The molecular formula is C10H20O2. The number of ether oxygens (including phenoxy) is 2. The van der Waals surface area contributed by atoms with Gasteiger partial charge in [0.2, 0.25) is 0 Å². The summed E-state index contributed by atoms with van der Waals surface area (Å²) in [4.78, 5) is 0. The summed E-state index contributed by atoms with van der Waals surface area (Å²) in [5, 5.41) is 0. The van der Waals surface area contributed by atoms with Crippen LogP contribution < -0.4 is 0 Å². The fraction of sp³-hybridized carbons (Fsp3) is 1.00. The highest BCUT2D eigenvalue weighted by atomic mass is 16.7. The first kappa shape index (κ1) is 10.0. The van der Waals surface area contributed by atoms with E-state index in [2.05, 4.69) is 20.8 Å². The van der Waals surface area contributed by atoms with Gasteiger partial charge in [0.25, 0.3) is 0 Å². The average Bonchev–Trinajstić information content (AvgIpc) is 2.01. The Morgan fingerprint density at radius 3 is 2.75 bits per heavy atom. The van der Waals surface area contributed by atoms with Crippen molar-refractivity contribution in [1.29, 1.82) is 0 Å². The maximum Gasteiger partial charge on any atom is 0.157 e. The minimum absolute atomic E-state index is 0.0659. The van der Waals surface area contributed by atoms with E-state index in [1.807, 2.05) is 0 Å². The largest absolute Gasteiger partial charge is 0.352 e. The number of hydrogen-bond donors (Lipinski definition) is 0. The van der Waals surface area contributed by atoms with Crippen LogP contribution in [0.25, 0.3) is 0 Å². The number of hydrogen-bond acceptors (Lipinski definition) is 2. The maximum absolute atomic E-state index is 5.61. The Labute approximate surface area is 75.2 Å². The summed E-state index contributed by atoms with van der Waals surface area (Å²) >= 11 is 0. The van der Waals surface area contributed by atoms with Crippen LogP contribution in [0.15, 0.2) is 0 Å². The first-order chi connectivity index (χ1) is 5.68. The van der Waals surface area contributed by atoms with Gasteiger partial charge in [-0.05, 0) is 32.1 Å². The summed E-state index contributed by atoms with van der Waals surface area (Å²) in [7, 11) is 0. The first-order valence-corrected chi connectivity index (χ1v) is 4.95.